The van der Waals surface area contributed by atoms with Crippen LogP contribution in [0.3, 0.4) is 0 Å². The Morgan fingerprint density at radius 1 is 1.47 bits per heavy atom. The molecule has 2 rings (SSSR count). The zero-order valence-electron chi connectivity index (χ0n) is 9.72. The summed E-state index contributed by atoms with van der Waals surface area (Å²) in [6.07, 6.45) is 0.645. The Balaban J connectivity index is 2.47. The van der Waals surface area contributed by atoms with Gasteiger partial charge in [0.1, 0.15) is 12.4 Å². The van der Waals surface area contributed by atoms with E-state index in [0.29, 0.717) is 13.0 Å². The number of carbonyl (C=O) groups excluding carboxylic acids is 1. The van der Waals surface area contributed by atoms with E-state index in [9.17, 15) is 4.79 Å². The molecule has 2 N–H and O–H groups in total. The summed E-state index contributed by atoms with van der Waals surface area (Å²) in [6, 6.07) is 7.70. The zero-order valence-corrected chi connectivity index (χ0v) is 9.72. The standard InChI is InChI=1S/C12H15N3O2/c1-17-12(16)8-15-10-5-3-2-4-9(10)14-11(15)6-7-13/h2-5H,6-8,13H2,1H3. The van der Waals surface area contributed by atoms with Gasteiger partial charge < -0.3 is 15.0 Å². The number of esters is 1. The van der Waals surface area contributed by atoms with Gasteiger partial charge in [-0.1, -0.05) is 12.1 Å². The first-order chi connectivity index (χ1) is 8.26. The highest BCUT2D eigenvalue weighted by atomic mass is 16.5. The molecule has 1 heterocycles. The van der Waals surface area contributed by atoms with E-state index >= 15 is 0 Å². The van der Waals surface area contributed by atoms with Gasteiger partial charge >= 0.3 is 5.97 Å². The first-order valence-electron chi connectivity index (χ1n) is 5.47. The van der Waals surface area contributed by atoms with E-state index in [0.717, 1.165) is 16.9 Å². The Morgan fingerprint density at radius 3 is 2.94 bits per heavy atom. The topological polar surface area (TPSA) is 70.1 Å². The van der Waals surface area contributed by atoms with Crippen LogP contribution in [-0.2, 0) is 22.5 Å². The van der Waals surface area contributed by atoms with E-state index in [4.69, 9.17) is 5.73 Å². The van der Waals surface area contributed by atoms with Gasteiger partial charge in [0.2, 0.25) is 0 Å². The van der Waals surface area contributed by atoms with Gasteiger partial charge in [0, 0.05) is 6.42 Å². The second-order valence-corrected chi connectivity index (χ2v) is 3.72. The van der Waals surface area contributed by atoms with Crippen LogP contribution >= 0.6 is 0 Å². The molecule has 2 aromatic rings. The molecule has 17 heavy (non-hydrogen) atoms. The molecular weight excluding hydrogens is 218 g/mol. The highest BCUT2D eigenvalue weighted by molar-refractivity contribution is 5.78. The van der Waals surface area contributed by atoms with E-state index in [1.807, 2.05) is 28.8 Å². The van der Waals surface area contributed by atoms with Crippen molar-refractivity contribution in [3.05, 3.63) is 30.1 Å². The lowest BCUT2D eigenvalue weighted by Gasteiger charge is -2.06. The minimum absolute atomic E-state index is 0.173. The summed E-state index contributed by atoms with van der Waals surface area (Å²) in [7, 11) is 1.38. The molecule has 1 aromatic heterocycles. The normalized spacial score (nSPS) is 10.7. The number of methoxy groups -OCH3 is 1. The van der Waals surface area contributed by atoms with Crippen LogP contribution in [0.1, 0.15) is 5.82 Å². The Morgan fingerprint density at radius 2 is 2.24 bits per heavy atom. The second-order valence-electron chi connectivity index (χ2n) is 3.72. The molecular formula is C12H15N3O2. The number of nitrogens with zero attached hydrogens (tertiary/aromatic N) is 2. The van der Waals surface area contributed by atoms with E-state index in [1.54, 1.807) is 0 Å². The van der Waals surface area contributed by atoms with E-state index in [-0.39, 0.29) is 12.5 Å². The van der Waals surface area contributed by atoms with Crippen molar-refractivity contribution in [1.29, 1.82) is 0 Å². The lowest BCUT2D eigenvalue weighted by Crippen LogP contribution is -2.16. The van der Waals surface area contributed by atoms with Crippen molar-refractivity contribution in [2.45, 2.75) is 13.0 Å². The molecule has 0 aliphatic heterocycles. The molecule has 5 heteroatoms. The molecule has 0 radical (unpaired) electrons. The number of nitrogens with two attached hydrogens (primary N) is 1. The Kier molecular flexibility index (Phi) is 3.39. The molecule has 0 amide bonds. The van der Waals surface area contributed by atoms with Gasteiger partial charge in [-0.2, -0.15) is 0 Å². The minimum Gasteiger partial charge on any atom is -0.468 e. The average molecular weight is 233 g/mol. The molecule has 1 aromatic carbocycles. The van der Waals surface area contributed by atoms with Crippen LogP contribution in [0.25, 0.3) is 11.0 Å². The number of carbonyl (C=O) groups is 1. The molecule has 90 valence electrons. The van der Waals surface area contributed by atoms with Crippen molar-refractivity contribution in [1.82, 2.24) is 9.55 Å². The van der Waals surface area contributed by atoms with Crippen molar-refractivity contribution in [3.63, 3.8) is 0 Å². The van der Waals surface area contributed by atoms with Crippen molar-refractivity contribution in [3.8, 4) is 0 Å². The summed E-state index contributed by atoms with van der Waals surface area (Å²) in [5.74, 6) is 0.533. The number of benzene rings is 1. The maximum Gasteiger partial charge on any atom is 0.325 e. The van der Waals surface area contributed by atoms with Gasteiger partial charge in [-0.05, 0) is 18.7 Å². The fourth-order valence-electron chi connectivity index (χ4n) is 1.82. The highest BCUT2D eigenvalue weighted by Crippen LogP contribution is 2.16. The maximum atomic E-state index is 11.4. The van der Waals surface area contributed by atoms with Gasteiger partial charge in [-0.25, -0.2) is 4.98 Å². The van der Waals surface area contributed by atoms with Crippen molar-refractivity contribution < 1.29 is 9.53 Å². The number of para-hydroxylation sites is 2. The van der Waals surface area contributed by atoms with Crippen LogP contribution in [-0.4, -0.2) is 29.2 Å². The molecule has 5 nitrogen and oxygen atoms in total. The Hall–Kier alpha value is -1.88. The summed E-state index contributed by atoms with van der Waals surface area (Å²) in [6.45, 7) is 0.677. The monoisotopic (exact) mass is 233 g/mol. The lowest BCUT2D eigenvalue weighted by atomic mass is 10.3. The fraction of sp³-hybridized carbons (Fsp3) is 0.333. The molecule has 0 saturated heterocycles. The van der Waals surface area contributed by atoms with Gasteiger partial charge in [0.25, 0.3) is 0 Å². The number of fused-ring (bicyclic) bond motifs is 1. The quantitative estimate of drug-likeness (QED) is 0.789. The van der Waals surface area contributed by atoms with E-state index in [2.05, 4.69) is 9.72 Å². The maximum absolute atomic E-state index is 11.4. The number of aromatic nitrogens is 2. The summed E-state index contributed by atoms with van der Waals surface area (Å²) in [5.41, 5.74) is 7.35. The van der Waals surface area contributed by atoms with Crippen LogP contribution in [0.5, 0.6) is 0 Å². The summed E-state index contributed by atoms with van der Waals surface area (Å²) in [5, 5.41) is 0. The van der Waals surface area contributed by atoms with Gasteiger partial charge in [0.05, 0.1) is 18.1 Å². The molecule has 0 bridgehead atoms. The average Bonchev–Trinajstić information content (AvgIpc) is 2.68. The number of hydrogen-bond acceptors (Lipinski definition) is 4. The number of ether oxygens (including phenoxy) is 1. The third-order valence-electron chi connectivity index (χ3n) is 2.62. The summed E-state index contributed by atoms with van der Waals surface area (Å²) >= 11 is 0. The summed E-state index contributed by atoms with van der Waals surface area (Å²) < 4.78 is 6.54. The van der Waals surface area contributed by atoms with E-state index in [1.165, 1.54) is 7.11 Å². The zero-order chi connectivity index (χ0) is 12.3. The van der Waals surface area contributed by atoms with Crippen molar-refractivity contribution >= 4 is 17.0 Å². The van der Waals surface area contributed by atoms with Gasteiger partial charge in [0.15, 0.2) is 0 Å². The number of rotatable bonds is 4. The summed E-state index contributed by atoms with van der Waals surface area (Å²) in [4.78, 5) is 15.8. The Labute approximate surface area is 99.2 Å². The smallest absolute Gasteiger partial charge is 0.325 e. The van der Waals surface area contributed by atoms with E-state index < -0.39 is 0 Å². The second kappa shape index (κ2) is 4.97. The molecule has 0 spiro atoms. The number of hydrogen-bond donors (Lipinski definition) is 1. The van der Waals surface area contributed by atoms with Gasteiger partial charge in [-0.15, -0.1) is 0 Å². The van der Waals surface area contributed by atoms with Crippen LogP contribution < -0.4 is 5.73 Å². The third kappa shape index (κ3) is 2.29. The predicted octanol–water partition coefficient (Wildman–Crippen LogP) is 0.710. The fourth-order valence-corrected chi connectivity index (χ4v) is 1.82. The lowest BCUT2D eigenvalue weighted by molar-refractivity contribution is -0.141. The minimum atomic E-state index is -0.286. The SMILES string of the molecule is COC(=O)Cn1c(CCN)nc2ccccc21. The highest BCUT2D eigenvalue weighted by Gasteiger charge is 2.12. The van der Waals surface area contributed by atoms with Crippen LogP contribution in [0, 0.1) is 0 Å². The number of imidazole rings is 1. The molecule has 0 aliphatic carbocycles. The molecule has 0 atom stereocenters. The Bertz CT molecular complexity index is 534. The molecule has 0 fully saturated rings. The third-order valence-corrected chi connectivity index (χ3v) is 2.62. The van der Waals surface area contributed by atoms with Crippen LogP contribution in [0.15, 0.2) is 24.3 Å². The molecule has 0 saturated carbocycles. The van der Waals surface area contributed by atoms with Crippen molar-refractivity contribution in [2.24, 2.45) is 5.73 Å². The first kappa shape index (κ1) is 11.6. The molecule has 0 aliphatic rings. The van der Waals surface area contributed by atoms with Crippen LogP contribution in [0.2, 0.25) is 0 Å². The van der Waals surface area contributed by atoms with Gasteiger partial charge in [-0.3, -0.25) is 4.79 Å². The first-order valence-corrected chi connectivity index (χ1v) is 5.47. The van der Waals surface area contributed by atoms with Crippen LogP contribution in [0.4, 0.5) is 0 Å². The molecule has 0 unspecified atom stereocenters. The largest absolute Gasteiger partial charge is 0.468 e. The van der Waals surface area contributed by atoms with Crippen molar-refractivity contribution in [2.75, 3.05) is 13.7 Å². The predicted molar refractivity (Wildman–Crippen MR) is 64.5 cm³/mol.